The fraction of sp³-hybridized carbons (Fsp3) is 0.430. The van der Waals surface area contributed by atoms with Gasteiger partial charge in [0.1, 0.15) is 71.9 Å². The van der Waals surface area contributed by atoms with Crippen molar-refractivity contribution in [3.63, 3.8) is 0 Å². The van der Waals surface area contributed by atoms with E-state index in [4.69, 9.17) is 34.2 Å². The van der Waals surface area contributed by atoms with Gasteiger partial charge in [-0.05, 0) is 153 Å². The Hall–Kier alpha value is -12.2. The molecule has 1 fully saturated rings. The second kappa shape index (κ2) is 45.3. The molecule has 1 saturated heterocycles. The summed E-state index contributed by atoms with van der Waals surface area (Å²) < 4.78 is 0. The Morgan fingerprint density at radius 1 is 0.526 bits per heavy atom. The molecule has 6 aromatic rings. The Morgan fingerprint density at radius 3 is 1.64 bits per heavy atom. The number of anilines is 1. The number of aliphatic hydroxyl groups excluding tert-OH is 1. The quantitative estimate of drug-likeness (QED) is 0.0142. The van der Waals surface area contributed by atoms with Crippen molar-refractivity contribution < 1.29 is 67.4 Å². The summed E-state index contributed by atoms with van der Waals surface area (Å²) in [5, 5.41) is 53.3. The Bertz CT molecular complexity index is 4300. The van der Waals surface area contributed by atoms with Gasteiger partial charge in [-0.15, -0.1) is 0 Å². The first kappa shape index (κ1) is 89.0. The number of pyridine rings is 3. The number of hydrogen-bond acceptors (Lipinski definition) is 19. The normalized spacial score (nSPS) is 14.8. The van der Waals surface area contributed by atoms with Crippen molar-refractivity contribution in [3.05, 3.63) is 167 Å². The molecule has 3 aromatic heterocycles. The fourth-order valence-corrected chi connectivity index (χ4v) is 12.8. The van der Waals surface area contributed by atoms with Gasteiger partial charge in [0.15, 0.2) is 5.96 Å². The van der Waals surface area contributed by atoms with Crippen LogP contribution in [0.25, 0.3) is 10.8 Å². The smallest absolute Gasteiger partial charge is 0.269 e. The lowest BCUT2D eigenvalue weighted by Gasteiger charge is -2.31. The Morgan fingerprint density at radius 2 is 1.06 bits per heavy atom. The molecule has 0 unspecified atom stereocenters. The molecule has 1 aliphatic rings. The second-order valence-corrected chi connectivity index (χ2v) is 28.7. The number of aromatic nitrogens is 3. The molecule has 13 amide bonds. The van der Waals surface area contributed by atoms with E-state index in [1.807, 2.05) is 42.5 Å². The number of likely N-dealkylation sites (tertiary alicyclic amines) is 1. The zero-order valence-electron chi connectivity index (χ0n) is 64.1. The number of hydrogen-bond donors (Lipinski definition) is 17. The van der Waals surface area contributed by atoms with E-state index in [1.165, 1.54) is 61.7 Å². The molecule has 10 atom stereocenters. The maximum atomic E-state index is 15.2. The number of benzene rings is 3. The number of amides is 13. The molecule has 0 bridgehead atoms. The average Bonchev–Trinajstić information content (AvgIpc) is 1.57. The lowest BCUT2D eigenvalue weighted by atomic mass is 9.99. The SMILES string of the molecule is CC(=O)N[C@H](Cc1ccc2ccccc2c1)C(=O)N[C@H](Cc1ccc(Cl)cc1)C(=O)N[C@H](Cc1cccnc1)C(=O)N[C@@H](CO)C(=O)N[C@@H](CCCCNC(=O)c1ccccn1)C(=O)N[C@H](CCCCNC(=O)c1ccc(N)nc1)C(=O)N[C@@H](CC(C)C)C(=O)N[C@@H](CCCNC(=N)N)C(=O)N1CCC[C@H]1C(=O)N[C@H](C)C(N)=O. The van der Waals surface area contributed by atoms with E-state index in [0.717, 1.165) is 10.8 Å². The lowest BCUT2D eigenvalue weighted by Crippen LogP contribution is -2.61. The molecule has 35 heteroatoms. The molecule has 20 N–H and O–H groups in total. The van der Waals surface area contributed by atoms with Gasteiger partial charge in [-0.25, -0.2) is 4.98 Å². The Kier molecular flexibility index (Phi) is 35.4. The summed E-state index contributed by atoms with van der Waals surface area (Å²) >= 11 is 6.26. The molecule has 4 heterocycles. The van der Waals surface area contributed by atoms with Gasteiger partial charge in [0.25, 0.3) is 11.8 Å². The van der Waals surface area contributed by atoms with Crippen LogP contribution in [0.15, 0.2) is 134 Å². The van der Waals surface area contributed by atoms with E-state index in [-0.39, 0.29) is 139 Å². The highest BCUT2D eigenvalue weighted by Crippen LogP contribution is 2.22. The first-order chi connectivity index (χ1) is 54.5. The molecular formula is C79H103ClN20O14. The van der Waals surface area contributed by atoms with Crippen LogP contribution in [0, 0.1) is 11.3 Å². The van der Waals surface area contributed by atoms with Crippen molar-refractivity contribution in [1.29, 1.82) is 5.41 Å². The van der Waals surface area contributed by atoms with Gasteiger partial charge in [0.05, 0.1) is 12.2 Å². The van der Waals surface area contributed by atoms with Gasteiger partial charge < -0.3 is 91.0 Å². The van der Waals surface area contributed by atoms with E-state index in [9.17, 15) is 57.8 Å². The predicted octanol–water partition coefficient (Wildman–Crippen LogP) is 0.670. The van der Waals surface area contributed by atoms with Gasteiger partial charge in [-0.1, -0.05) is 92.2 Å². The maximum absolute atomic E-state index is 15.2. The van der Waals surface area contributed by atoms with E-state index >= 15 is 9.59 Å². The molecule has 1 aliphatic heterocycles. The van der Waals surface area contributed by atoms with Gasteiger partial charge in [-0.2, -0.15) is 0 Å². The topological polar surface area (TPSA) is 530 Å². The summed E-state index contributed by atoms with van der Waals surface area (Å²) in [4.78, 5) is 197. The molecule has 0 spiro atoms. The van der Waals surface area contributed by atoms with Crippen molar-refractivity contribution in [2.75, 3.05) is 38.5 Å². The van der Waals surface area contributed by atoms with Crippen LogP contribution in [-0.4, -0.2) is 201 Å². The van der Waals surface area contributed by atoms with Gasteiger partial charge in [-0.3, -0.25) is 77.7 Å². The van der Waals surface area contributed by atoms with E-state index in [1.54, 1.807) is 62.4 Å². The Labute approximate surface area is 665 Å². The highest BCUT2D eigenvalue weighted by atomic mass is 35.5. The van der Waals surface area contributed by atoms with Crippen LogP contribution in [-0.2, 0) is 72.0 Å². The number of carbonyl (C=O) groups is 13. The second-order valence-electron chi connectivity index (χ2n) is 28.3. The molecule has 3 aromatic carbocycles. The number of fused-ring (bicyclic) bond motifs is 1. The number of nitrogens with zero attached hydrogens (tertiary/aromatic N) is 4. The van der Waals surface area contributed by atoms with Crippen LogP contribution in [0.2, 0.25) is 5.02 Å². The molecule has 34 nitrogen and oxygen atoms in total. The zero-order chi connectivity index (χ0) is 82.8. The van der Waals surface area contributed by atoms with Crippen molar-refractivity contribution in [2.24, 2.45) is 17.4 Å². The average molecular weight is 1590 g/mol. The van der Waals surface area contributed by atoms with E-state index < -0.39 is 144 Å². The highest BCUT2D eigenvalue weighted by Gasteiger charge is 2.40. The first-order valence-electron chi connectivity index (χ1n) is 37.8. The lowest BCUT2D eigenvalue weighted by molar-refractivity contribution is -0.142. The van der Waals surface area contributed by atoms with Crippen LogP contribution < -0.4 is 81.0 Å². The summed E-state index contributed by atoms with van der Waals surface area (Å²) in [5.41, 5.74) is 18.7. The molecule has 0 radical (unpaired) electrons. The molecule has 0 saturated carbocycles. The first-order valence-corrected chi connectivity index (χ1v) is 38.2. The fourth-order valence-electron chi connectivity index (χ4n) is 12.7. The third-order valence-electron chi connectivity index (χ3n) is 18.7. The number of guanidine groups is 1. The van der Waals surface area contributed by atoms with Crippen molar-refractivity contribution in [1.82, 2.24) is 83.7 Å². The number of carbonyl (C=O) groups excluding carboxylic acids is 13. The number of nitrogens with two attached hydrogens (primary N) is 3. The molecule has 610 valence electrons. The van der Waals surface area contributed by atoms with Crippen LogP contribution in [0.5, 0.6) is 0 Å². The number of halogens is 1. The monoisotopic (exact) mass is 1590 g/mol. The summed E-state index contributed by atoms with van der Waals surface area (Å²) in [5.74, 6) is -10.5. The summed E-state index contributed by atoms with van der Waals surface area (Å²) in [6.45, 7) is 5.44. The van der Waals surface area contributed by atoms with Gasteiger partial charge in [0, 0.05) is 82.2 Å². The number of nitrogen functional groups attached to an aromatic ring is 1. The van der Waals surface area contributed by atoms with Crippen molar-refractivity contribution in [3.8, 4) is 0 Å². The largest absolute Gasteiger partial charge is 0.394 e. The van der Waals surface area contributed by atoms with Crippen molar-refractivity contribution in [2.45, 2.75) is 178 Å². The number of unbranched alkanes of at least 4 members (excludes halogenated alkanes) is 2. The predicted molar refractivity (Wildman–Crippen MR) is 424 cm³/mol. The molecular weight excluding hydrogens is 1490 g/mol. The van der Waals surface area contributed by atoms with Crippen LogP contribution in [0.3, 0.4) is 0 Å². The van der Waals surface area contributed by atoms with E-state index in [2.05, 4.69) is 78.8 Å². The molecule has 114 heavy (non-hydrogen) atoms. The molecule has 0 aliphatic carbocycles. The van der Waals surface area contributed by atoms with Crippen LogP contribution in [0.4, 0.5) is 5.82 Å². The number of nitrogens with one attached hydrogen (secondary N) is 13. The number of rotatable bonds is 44. The number of aliphatic hydroxyl groups is 1. The number of primary amides is 1. The van der Waals surface area contributed by atoms with E-state index in [0.29, 0.717) is 28.1 Å². The minimum Gasteiger partial charge on any atom is -0.394 e. The zero-order valence-corrected chi connectivity index (χ0v) is 64.9. The van der Waals surface area contributed by atoms with Crippen LogP contribution in [0.1, 0.15) is 136 Å². The highest BCUT2D eigenvalue weighted by molar-refractivity contribution is 6.30. The maximum Gasteiger partial charge on any atom is 0.269 e. The van der Waals surface area contributed by atoms with Gasteiger partial charge >= 0.3 is 0 Å². The third-order valence-corrected chi connectivity index (χ3v) is 19.0. The summed E-state index contributed by atoms with van der Waals surface area (Å²) in [6, 6.07) is 16.6. The summed E-state index contributed by atoms with van der Waals surface area (Å²) in [6.07, 6.45) is 6.28. The standard InChI is InChI=1S/C79H103ClN20O14/c1-46(2)38-60(72(108)95-59(22-14-36-89-79(83)84)78(114)100-37-15-23-65(100)77(113)91-47(3)67(82)103)96-71(107)58(21-8-11-34-87-68(104)54-28-31-66(81)90-44-54)93-70(106)57(20-9-12-35-88-69(105)56-19-7-10-33-86-56)94-76(112)64(45-101)99-75(111)63(42-51-16-13-32-85-43-51)98-74(110)62(40-49-25-29-55(80)30-26-49)97-73(109)61(92-48(4)102)41-50-24-27-52-17-5-6-18-53(52)39-50/h5-7,10,13,16-19,24-33,39,43-44,46-47,57-65,101H,8-9,11-12,14-15,20-23,34-38,40-42,45H2,1-4H3,(H2,81,90)(H2,82,103)(H,87,104)(H,88,105)(H,91,113)(H,92,102)(H,93,106)(H,94,112)(H,95,108)(H,96,107)(H,97,109)(H,98,110)(H,99,111)(H4,83,84,89)/t47-,57+,58-,59+,60+,61-,62-,63-,64+,65+/m1/s1. The third kappa shape index (κ3) is 29.2. The Balaban J connectivity index is 1.16. The molecule has 7 rings (SSSR count). The van der Waals surface area contributed by atoms with Crippen molar-refractivity contribution >= 4 is 111 Å². The minimum atomic E-state index is -1.86. The van der Waals surface area contributed by atoms with Gasteiger partial charge in [0.2, 0.25) is 65.0 Å². The van der Waals surface area contributed by atoms with Crippen LogP contribution >= 0.6 is 11.6 Å². The minimum absolute atomic E-state index is 0.0182. The summed E-state index contributed by atoms with van der Waals surface area (Å²) in [7, 11) is 0.